The minimum absolute atomic E-state index is 0. The molecule has 2 atom stereocenters. The Balaban J connectivity index is -0.000000250. The topological polar surface area (TPSA) is 83.8 Å². The maximum Gasteiger partial charge on any atom is 1.00 e. The van der Waals surface area contributed by atoms with E-state index in [2.05, 4.69) is 27.7 Å². The van der Waals surface area contributed by atoms with Crippen molar-refractivity contribution in [3.8, 4) is 0 Å². The largest absolute Gasteiger partial charge is 1.00 e. The van der Waals surface area contributed by atoms with Crippen molar-refractivity contribution in [3.05, 3.63) is 0 Å². The molecule has 23 heavy (non-hydrogen) atoms. The summed E-state index contributed by atoms with van der Waals surface area (Å²) in [7, 11) is -4.67. The molecule has 0 amide bonds. The Labute approximate surface area is 167 Å². The zero-order valence-electron chi connectivity index (χ0n) is 16.8. The van der Waals surface area contributed by atoms with Crippen LogP contribution >= 0.6 is 0 Å². The summed E-state index contributed by atoms with van der Waals surface area (Å²) >= 11 is 0. The molecule has 0 rings (SSSR count). The summed E-state index contributed by atoms with van der Waals surface area (Å²) in [5.41, 5.74) is 0. The van der Waals surface area contributed by atoms with E-state index in [0.29, 0.717) is 0 Å². The normalized spacial score (nSPS) is 13.5. The summed E-state index contributed by atoms with van der Waals surface area (Å²) < 4.78 is 37.5. The fourth-order valence-electron chi connectivity index (χ4n) is 2.20. The van der Waals surface area contributed by atoms with Gasteiger partial charge < -0.3 is 6.16 Å². The molecule has 138 valence electrons. The first-order valence-corrected chi connectivity index (χ1v) is 9.95. The van der Waals surface area contributed by atoms with Crippen LogP contribution in [0.2, 0.25) is 0 Å². The molecule has 0 aliphatic heterocycles. The third-order valence-corrected chi connectivity index (χ3v) is 3.79. The van der Waals surface area contributed by atoms with E-state index >= 15 is 0 Å². The van der Waals surface area contributed by atoms with Gasteiger partial charge in [-0.25, -0.2) is 0 Å². The van der Waals surface area contributed by atoms with Crippen LogP contribution in [0.3, 0.4) is 0 Å². The van der Waals surface area contributed by atoms with Gasteiger partial charge >= 0.3 is 40.0 Å². The van der Waals surface area contributed by atoms with Crippen LogP contribution in [0.15, 0.2) is 0 Å². The second kappa shape index (κ2) is 19.2. The Morgan fingerprint density at radius 2 is 1.17 bits per heavy atom. The third kappa shape index (κ3) is 27.9. The van der Waals surface area contributed by atoms with Crippen LogP contribution < -0.4 is 29.6 Å². The molecule has 0 saturated heterocycles. The first kappa shape index (κ1) is 28.6. The third-order valence-electron chi connectivity index (χ3n) is 3.79. The summed E-state index contributed by atoms with van der Waals surface area (Å²) in [6, 6.07) is 0. The van der Waals surface area contributed by atoms with Gasteiger partial charge in [0.1, 0.15) is 0 Å². The Hall–Kier alpha value is 0.830. The number of unbranched alkanes of at least 4 members (excludes halogenated alkanes) is 2. The van der Waals surface area contributed by atoms with E-state index in [0.717, 1.165) is 25.0 Å². The zero-order valence-corrected chi connectivity index (χ0v) is 18.6. The Morgan fingerprint density at radius 1 is 0.870 bits per heavy atom. The molecular weight excluding hydrogens is 327 g/mol. The van der Waals surface area contributed by atoms with Crippen molar-refractivity contribution in [2.24, 2.45) is 11.8 Å². The van der Waals surface area contributed by atoms with Crippen molar-refractivity contribution in [1.82, 2.24) is 0 Å². The van der Waals surface area contributed by atoms with Crippen molar-refractivity contribution < 1.29 is 53.2 Å². The standard InChI is InChI=1S/C16H34O.Na.H2O4S.H/c1-5-9-11-15(7-3)13-17-14-16(8-4)12-10-6-2;;1-5(2,3)4;/h15-16H,5-14H2,1-4H3;;(H2,1,2,3,4);/q;+1;;-1. The molecule has 0 aromatic rings. The number of hydrogen-bond donors (Lipinski definition) is 2. The molecule has 0 radical (unpaired) electrons. The summed E-state index contributed by atoms with van der Waals surface area (Å²) in [6.45, 7) is 11.1. The zero-order chi connectivity index (χ0) is 17.4. The maximum atomic E-state index is 8.74. The van der Waals surface area contributed by atoms with E-state index in [9.17, 15) is 0 Å². The van der Waals surface area contributed by atoms with Gasteiger partial charge in [0.2, 0.25) is 0 Å². The molecule has 0 aliphatic rings. The van der Waals surface area contributed by atoms with E-state index in [-0.39, 0.29) is 31.0 Å². The molecule has 2 N–H and O–H groups in total. The van der Waals surface area contributed by atoms with Crippen LogP contribution in [-0.2, 0) is 15.1 Å². The van der Waals surface area contributed by atoms with Gasteiger partial charge in [0.15, 0.2) is 0 Å². The van der Waals surface area contributed by atoms with Gasteiger partial charge in [0.25, 0.3) is 0 Å². The molecule has 5 nitrogen and oxygen atoms in total. The smallest absolute Gasteiger partial charge is 1.00 e. The second-order valence-corrected chi connectivity index (χ2v) is 6.71. The molecule has 0 aromatic heterocycles. The Bertz CT molecular complexity index is 304. The minimum atomic E-state index is -4.67. The van der Waals surface area contributed by atoms with E-state index in [1.807, 2.05) is 0 Å². The fourth-order valence-corrected chi connectivity index (χ4v) is 2.20. The monoisotopic (exact) mass is 364 g/mol. The number of hydrogen-bond acceptors (Lipinski definition) is 3. The first-order chi connectivity index (χ1) is 10.3. The van der Waals surface area contributed by atoms with Gasteiger partial charge in [-0.3, -0.25) is 9.11 Å². The van der Waals surface area contributed by atoms with Gasteiger partial charge in [-0.05, 0) is 24.7 Å². The molecular formula is C16H37NaO5S. The fraction of sp³-hybridized carbons (Fsp3) is 1.00. The van der Waals surface area contributed by atoms with Gasteiger partial charge in [0.05, 0.1) is 0 Å². The molecule has 0 fully saturated rings. The summed E-state index contributed by atoms with van der Waals surface area (Å²) in [6.07, 6.45) is 10.6. The van der Waals surface area contributed by atoms with Gasteiger partial charge in [-0.1, -0.05) is 66.2 Å². The van der Waals surface area contributed by atoms with Gasteiger partial charge in [-0.2, -0.15) is 8.42 Å². The molecule has 0 bridgehead atoms. The Morgan fingerprint density at radius 3 is 1.39 bits per heavy atom. The molecule has 0 heterocycles. The summed E-state index contributed by atoms with van der Waals surface area (Å²) in [4.78, 5) is 0. The van der Waals surface area contributed by atoms with Crippen LogP contribution in [0.4, 0.5) is 0 Å². The van der Waals surface area contributed by atoms with Crippen molar-refractivity contribution >= 4 is 10.4 Å². The first-order valence-electron chi connectivity index (χ1n) is 8.55. The van der Waals surface area contributed by atoms with Crippen LogP contribution in [0.5, 0.6) is 0 Å². The average molecular weight is 365 g/mol. The van der Waals surface area contributed by atoms with Crippen LogP contribution in [0.25, 0.3) is 0 Å². The quantitative estimate of drug-likeness (QED) is 0.408. The molecule has 0 aromatic carbocycles. The number of ether oxygens (including phenoxy) is 1. The number of rotatable bonds is 12. The van der Waals surface area contributed by atoms with Gasteiger partial charge in [-0.15, -0.1) is 0 Å². The van der Waals surface area contributed by atoms with E-state index in [1.165, 1.54) is 51.4 Å². The molecule has 7 heteroatoms. The molecule has 0 aliphatic carbocycles. The van der Waals surface area contributed by atoms with Crippen LogP contribution in [-0.4, -0.2) is 30.7 Å². The van der Waals surface area contributed by atoms with Crippen molar-refractivity contribution in [3.63, 3.8) is 0 Å². The predicted molar refractivity (Wildman–Crippen MR) is 92.7 cm³/mol. The second-order valence-electron chi connectivity index (χ2n) is 5.82. The summed E-state index contributed by atoms with van der Waals surface area (Å²) in [5, 5.41) is 0. The average Bonchev–Trinajstić information content (AvgIpc) is 2.44. The summed E-state index contributed by atoms with van der Waals surface area (Å²) in [5.74, 6) is 1.58. The minimum Gasteiger partial charge on any atom is -1.00 e. The van der Waals surface area contributed by atoms with Crippen LogP contribution in [0, 0.1) is 11.8 Å². The maximum absolute atomic E-state index is 8.74. The molecule has 0 saturated carbocycles. The predicted octanol–water partition coefficient (Wildman–Crippen LogP) is 1.90. The van der Waals surface area contributed by atoms with Crippen molar-refractivity contribution in [2.45, 2.75) is 79.1 Å². The SMILES string of the molecule is CCCCC(CC)COCC(CC)CCCC.O=S(=O)(O)O.[H-].[Na+]. The molecule has 0 spiro atoms. The van der Waals surface area contributed by atoms with Crippen molar-refractivity contribution in [2.75, 3.05) is 13.2 Å². The van der Waals surface area contributed by atoms with Crippen LogP contribution in [0.1, 0.15) is 80.5 Å². The van der Waals surface area contributed by atoms with Gasteiger partial charge in [0, 0.05) is 13.2 Å². The van der Waals surface area contributed by atoms with E-state index in [4.69, 9.17) is 22.3 Å². The molecule has 2 unspecified atom stereocenters. The Kier molecular flexibility index (Phi) is 23.8. The van der Waals surface area contributed by atoms with Crippen molar-refractivity contribution in [1.29, 1.82) is 0 Å². The van der Waals surface area contributed by atoms with E-state index < -0.39 is 10.4 Å². The van der Waals surface area contributed by atoms with E-state index in [1.54, 1.807) is 0 Å².